The molecule has 5 rings (SSSR count). The molecule has 0 saturated carbocycles. The Hall–Kier alpha value is -3.86. The predicted octanol–water partition coefficient (Wildman–Crippen LogP) is 3.46. The van der Waals surface area contributed by atoms with Crippen LogP contribution in [0.5, 0.6) is 5.75 Å². The number of imidazole rings is 1. The maximum atomic E-state index is 13.5. The molecule has 0 bridgehead atoms. The zero-order valence-electron chi connectivity index (χ0n) is 20.6. The van der Waals surface area contributed by atoms with Crippen molar-refractivity contribution in [3.8, 4) is 11.8 Å². The number of β-amino-alcohol motifs (C(OH)–C–C–N with tert-alkyl or cyclic N) is 1. The normalized spacial score (nSPS) is 14.4. The monoisotopic (exact) mass is 482 g/mol. The molecule has 1 unspecified atom stereocenters. The number of rotatable bonds is 7. The van der Waals surface area contributed by atoms with Crippen molar-refractivity contribution in [1.82, 2.24) is 14.0 Å². The predicted molar refractivity (Wildman–Crippen MR) is 139 cm³/mol. The minimum absolute atomic E-state index is 0.164. The Morgan fingerprint density at radius 2 is 1.81 bits per heavy atom. The summed E-state index contributed by atoms with van der Waals surface area (Å²) in [7, 11) is 1.62. The number of ether oxygens (including phenoxy) is 1. The second kappa shape index (κ2) is 10.0. The second-order valence-electron chi connectivity index (χ2n) is 9.55. The lowest BCUT2D eigenvalue weighted by Gasteiger charge is -2.30. The molecule has 1 N–H and O–H groups in total. The van der Waals surface area contributed by atoms with Crippen LogP contribution in [0.2, 0.25) is 0 Å². The van der Waals surface area contributed by atoms with Gasteiger partial charge in [-0.15, -0.1) is 0 Å². The number of methoxy groups -OCH3 is 1. The molecule has 1 atom stereocenters. The van der Waals surface area contributed by atoms with E-state index >= 15 is 0 Å². The van der Waals surface area contributed by atoms with Gasteiger partial charge in [0.25, 0.3) is 0 Å². The third-order valence-corrected chi connectivity index (χ3v) is 6.96. The van der Waals surface area contributed by atoms with Crippen LogP contribution >= 0.6 is 0 Å². The first-order valence-corrected chi connectivity index (χ1v) is 12.2. The molecule has 36 heavy (non-hydrogen) atoms. The van der Waals surface area contributed by atoms with Crippen molar-refractivity contribution in [2.75, 3.05) is 20.2 Å². The van der Waals surface area contributed by atoms with E-state index in [1.807, 2.05) is 30.3 Å². The van der Waals surface area contributed by atoms with Crippen LogP contribution in [0, 0.1) is 18.3 Å². The average molecular weight is 483 g/mol. The van der Waals surface area contributed by atoms with Gasteiger partial charge in [-0.1, -0.05) is 35.9 Å². The van der Waals surface area contributed by atoms with Gasteiger partial charge >= 0.3 is 5.69 Å². The molecule has 2 heterocycles. The molecule has 7 nitrogen and oxygen atoms in total. The maximum absolute atomic E-state index is 13.5. The van der Waals surface area contributed by atoms with Gasteiger partial charge in [0.15, 0.2) is 0 Å². The van der Waals surface area contributed by atoms with Gasteiger partial charge in [-0.2, -0.15) is 5.26 Å². The highest BCUT2D eigenvalue weighted by Crippen LogP contribution is 2.22. The summed E-state index contributed by atoms with van der Waals surface area (Å²) in [5.41, 5.74) is 6.55. The number of aromatic nitrogens is 2. The van der Waals surface area contributed by atoms with Crippen molar-refractivity contribution >= 4 is 11.0 Å². The molecule has 0 radical (unpaired) electrons. The molecule has 1 aliphatic heterocycles. The van der Waals surface area contributed by atoms with Gasteiger partial charge in [-0.3, -0.25) is 14.0 Å². The van der Waals surface area contributed by atoms with Crippen molar-refractivity contribution in [2.24, 2.45) is 0 Å². The Labute approximate surface area is 210 Å². The Balaban J connectivity index is 1.40. The van der Waals surface area contributed by atoms with Crippen molar-refractivity contribution in [3.05, 3.63) is 99.0 Å². The van der Waals surface area contributed by atoms with E-state index in [0.717, 1.165) is 36.3 Å². The zero-order chi connectivity index (χ0) is 25.2. The third-order valence-electron chi connectivity index (χ3n) is 6.96. The lowest BCUT2D eigenvalue weighted by Crippen LogP contribution is -2.39. The molecule has 0 saturated heterocycles. The number of hydrogen-bond acceptors (Lipinski definition) is 5. The zero-order valence-corrected chi connectivity index (χ0v) is 20.6. The number of nitrogens with zero attached hydrogens (tertiary/aromatic N) is 4. The van der Waals surface area contributed by atoms with Crippen molar-refractivity contribution in [1.29, 1.82) is 5.26 Å². The highest BCUT2D eigenvalue weighted by atomic mass is 16.5. The number of aryl methyl sites for hydroxylation is 1. The molecule has 0 fully saturated rings. The Morgan fingerprint density at radius 3 is 2.56 bits per heavy atom. The highest BCUT2D eigenvalue weighted by molar-refractivity contribution is 5.78. The first-order valence-electron chi connectivity index (χ1n) is 12.2. The number of benzene rings is 3. The van der Waals surface area contributed by atoms with E-state index in [4.69, 9.17) is 4.74 Å². The molecule has 1 aromatic heterocycles. The van der Waals surface area contributed by atoms with Crippen LogP contribution in [-0.4, -0.2) is 45.4 Å². The van der Waals surface area contributed by atoms with Crippen LogP contribution < -0.4 is 10.4 Å². The standard InChI is InChI=1S/C29H30N4O3/c1-20-3-7-23-11-12-31(17-24(23)13-20)18-25(34)19-33-28-14-22(15-30)6-10-27(28)32(29(33)35)16-21-4-8-26(36-2)9-5-21/h3-10,13-14,25,34H,11-12,16-19H2,1-2H3. The van der Waals surface area contributed by atoms with Gasteiger partial charge in [0.05, 0.1) is 49.0 Å². The molecule has 7 heteroatoms. The van der Waals surface area contributed by atoms with Gasteiger partial charge in [-0.05, 0) is 60.4 Å². The van der Waals surface area contributed by atoms with Crippen LogP contribution in [0.4, 0.5) is 0 Å². The fraction of sp³-hybridized carbons (Fsp3) is 0.310. The van der Waals surface area contributed by atoms with E-state index in [9.17, 15) is 15.2 Å². The van der Waals surface area contributed by atoms with Crippen LogP contribution in [-0.2, 0) is 26.1 Å². The lowest BCUT2D eigenvalue weighted by molar-refractivity contribution is 0.0917. The highest BCUT2D eigenvalue weighted by Gasteiger charge is 2.21. The summed E-state index contributed by atoms with van der Waals surface area (Å²) in [6.07, 6.45) is 0.231. The van der Waals surface area contributed by atoms with Crippen LogP contribution in [0.25, 0.3) is 11.0 Å². The SMILES string of the molecule is COc1ccc(Cn2c(=O)n(CC(O)CN3CCc4ccc(C)cc4C3)c3cc(C#N)ccc32)cc1. The first kappa shape index (κ1) is 23.9. The molecule has 1 aliphatic rings. The summed E-state index contributed by atoms with van der Waals surface area (Å²) in [6, 6.07) is 21.6. The molecule has 184 valence electrons. The van der Waals surface area contributed by atoms with Gasteiger partial charge < -0.3 is 9.84 Å². The quantitative estimate of drug-likeness (QED) is 0.436. The minimum atomic E-state index is -0.722. The van der Waals surface area contributed by atoms with E-state index in [1.165, 1.54) is 16.7 Å². The number of nitriles is 1. The van der Waals surface area contributed by atoms with Gasteiger partial charge in [0.1, 0.15) is 5.75 Å². The Morgan fingerprint density at radius 1 is 1.00 bits per heavy atom. The number of fused-ring (bicyclic) bond motifs is 2. The van der Waals surface area contributed by atoms with Crippen molar-refractivity contribution in [3.63, 3.8) is 0 Å². The molecule has 0 amide bonds. The number of hydrogen-bond donors (Lipinski definition) is 1. The first-order chi connectivity index (χ1) is 17.4. The van der Waals surface area contributed by atoms with Gasteiger partial charge in [0, 0.05) is 19.6 Å². The molecule has 3 aromatic carbocycles. The molecule has 0 spiro atoms. The average Bonchev–Trinajstić information content (AvgIpc) is 3.14. The summed E-state index contributed by atoms with van der Waals surface area (Å²) >= 11 is 0. The van der Waals surface area contributed by atoms with Crippen molar-refractivity contribution in [2.45, 2.75) is 39.1 Å². The second-order valence-corrected chi connectivity index (χ2v) is 9.55. The lowest BCUT2D eigenvalue weighted by atomic mass is 9.97. The van der Waals surface area contributed by atoms with E-state index in [1.54, 1.807) is 28.4 Å². The van der Waals surface area contributed by atoms with Crippen LogP contribution in [0.15, 0.2) is 65.5 Å². The summed E-state index contributed by atoms with van der Waals surface area (Å²) in [5.74, 6) is 0.755. The molecular formula is C29H30N4O3. The van der Waals surface area contributed by atoms with Crippen LogP contribution in [0.1, 0.15) is 27.8 Å². The Bertz CT molecular complexity index is 1490. The Kier molecular flexibility index (Phi) is 6.64. The molecular weight excluding hydrogens is 452 g/mol. The summed E-state index contributed by atoms with van der Waals surface area (Å²) in [6.45, 7) is 4.79. The van der Waals surface area contributed by atoms with Crippen molar-refractivity contribution < 1.29 is 9.84 Å². The number of aliphatic hydroxyl groups is 1. The minimum Gasteiger partial charge on any atom is -0.497 e. The van der Waals surface area contributed by atoms with E-state index < -0.39 is 6.10 Å². The van der Waals surface area contributed by atoms with E-state index in [2.05, 4.69) is 36.1 Å². The summed E-state index contributed by atoms with van der Waals surface area (Å²) < 4.78 is 8.54. The maximum Gasteiger partial charge on any atom is 0.329 e. The fourth-order valence-electron chi connectivity index (χ4n) is 5.10. The molecule has 4 aromatic rings. The third kappa shape index (κ3) is 4.78. The fourth-order valence-corrected chi connectivity index (χ4v) is 5.10. The smallest absolute Gasteiger partial charge is 0.329 e. The van der Waals surface area contributed by atoms with E-state index in [-0.39, 0.29) is 12.2 Å². The summed E-state index contributed by atoms with van der Waals surface area (Å²) in [4.78, 5) is 15.8. The van der Waals surface area contributed by atoms with Gasteiger partial charge in [-0.25, -0.2) is 4.79 Å². The largest absolute Gasteiger partial charge is 0.497 e. The summed E-state index contributed by atoms with van der Waals surface area (Å²) in [5, 5.41) is 20.5. The topological polar surface area (TPSA) is 83.4 Å². The van der Waals surface area contributed by atoms with Gasteiger partial charge in [0.2, 0.25) is 0 Å². The number of aliphatic hydroxyl groups excluding tert-OH is 1. The van der Waals surface area contributed by atoms with E-state index in [0.29, 0.717) is 24.2 Å². The van der Waals surface area contributed by atoms with Crippen LogP contribution in [0.3, 0.4) is 0 Å². The molecule has 0 aliphatic carbocycles.